The summed E-state index contributed by atoms with van der Waals surface area (Å²) in [4.78, 5) is 13.6. The molecule has 0 aromatic heterocycles. The fourth-order valence-corrected chi connectivity index (χ4v) is 2.86. The number of hydrogen-bond donors (Lipinski definition) is 0. The van der Waals surface area contributed by atoms with E-state index in [1.54, 1.807) is 0 Å². The van der Waals surface area contributed by atoms with Gasteiger partial charge in [0.2, 0.25) is 0 Å². The second-order valence-corrected chi connectivity index (χ2v) is 5.82. The minimum absolute atomic E-state index is 0.0911. The normalized spacial score (nSPS) is 13.6. The van der Waals surface area contributed by atoms with E-state index in [0.29, 0.717) is 24.9 Å². The molecule has 0 radical (unpaired) electrons. The van der Waals surface area contributed by atoms with Gasteiger partial charge in [0.1, 0.15) is 23.2 Å². The van der Waals surface area contributed by atoms with Crippen LogP contribution in [0.4, 0.5) is 18.9 Å². The number of ether oxygens (including phenoxy) is 1. The lowest BCUT2D eigenvalue weighted by atomic mass is 10.0. The summed E-state index contributed by atoms with van der Waals surface area (Å²) in [6.45, 7) is -0.0415. The molecule has 0 N–H and O–H groups in total. The van der Waals surface area contributed by atoms with Crippen molar-refractivity contribution < 1.29 is 22.7 Å². The SMILES string of the molecule is O=C(COc1ccc(F)c(Cl)c1)N1CCCc2cc(F)cc(F)c21. The van der Waals surface area contributed by atoms with Gasteiger partial charge in [0, 0.05) is 18.7 Å². The van der Waals surface area contributed by atoms with Crippen LogP contribution in [0.1, 0.15) is 12.0 Å². The zero-order valence-electron chi connectivity index (χ0n) is 12.5. The monoisotopic (exact) mass is 355 g/mol. The van der Waals surface area contributed by atoms with E-state index < -0.39 is 23.4 Å². The Hall–Kier alpha value is -2.21. The molecule has 7 heteroatoms. The van der Waals surface area contributed by atoms with Crippen LogP contribution in [0.5, 0.6) is 5.75 Å². The van der Waals surface area contributed by atoms with Gasteiger partial charge in [0.05, 0.1) is 10.7 Å². The number of benzene rings is 2. The van der Waals surface area contributed by atoms with Crippen molar-refractivity contribution in [3.8, 4) is 5.75 Å². The summed E-state index contributed by atoms with van der Waals surface area (Å²) in [5.74, 6) is -2.28. The number of hydrogen-bond acceptors (Lipinski definition) is 2. The summed E-state index contributed by atoms with van der Waals surface area (Å²) in [7, 11) is 0. The van der Waals surface area contributed by atoms with Gasteiger partial charge in [0.15, 0.2) is 6.61 Å². The van der Waals surface area contributed by atoms with Crippen molar-refractivity contribution in [1.82, 2.24) is 0 Å². The zero-order chi connectivity index (χ0) is 17.3. The Morgan fingerprint density at radius 1 is 1.17 bits per heavy atom. The first-order valence-corrected chi connectivity index (χ1v) is 7.69. The molecule has 0 aliphatic carbocycles. The molecule has 0 spiro atoms. The molecule has 0 saturated heterocycles. The van der Waals surface area contributed by atoms with Gasteiger partial charge < -0.3 is 9.64 Å². The van der Waals surface area contributed by atoms with Gasteiger partial charge in [-0.2, -0.15) is 0 Å². The number of rotatable bonds is 3. The summed E-state index contributed by atoms with van der Waals surface area (Å²) < 4.78 is 45.8. The van der Waals surface area contributed by atoms with Gasteiger partial charge in [0.25, 0.3) is 5.91 Å². The van der Waals surface area contributed by atoms with Crippen LogP contribution in [-0.2, 0) is 11.2 Å². The van der Waals surface area contributed by atoms with Crippen LogP contribution in [0.2, 0.25) is 5.02 Å². The van der Waals surface area contributed by atoms with Gasteiger partial charge in [-0.15, -0.1) is 0 Å². The van der Waals surface area contributed by atoms with E-state index in [9.17, 15) is 18.0 Å². The lowest BCUT2D eigenvalue weighted by molar-refractivity contribution is -0.120. The molecule has 24 heavy (non-hydrogen) atoms. The standard InChI is InChI=1S/C17H13ClF3NO2/c18-13-8-12(3-4-14(13)20)24-9-16(23)22-5-1-2-10-6-11(19)7-15(21)17(10)22/h3-4,6-8H,1-2,5,9H2. The summed E-state index contributed by atoms with van der Waals surface area (Å²) in [6, 6.07) is 5.71. The second-order valence-electron chi connectivity index (χ2n) is 5.41. The maximum absolute atomic E-state index is 14.1. The molecule has 126 valence electrons. The van der Waals surface area contributed by atoms with Gasteiger partial charge >= 0.3 is 0 Å². The van der Waals surface area contributed by atoms with Gasteiger partial charge in [-0.1, -0.05) is 11.6 Å². The Kier molecular flexibility index (Phi) is 4.66. The van der Waals surface area contributed by atoms with Crippen LogP contribution in [0.3, 0.4) is 0 Å². The van der Waals surface area contributed by atoms with Gasteiger partial charge in [-0.3, -0.25) is 4.79 Å². The third-order valence-corrected chi connectivity index (χ3v) is 4.05. The molecule has 0 bridgehead atoms. The van der Waals surface area contributed by atoms with Crippen molar-refractivity contribution in [2.45, 2.75) is 12.8 Å². The van der Waals surface area contributed by atoms with Crippen LogP contribution in [0.25, 0.3) is 0 Å². The van der Waals surface area contributed by atoms with Crippen LogP contribution in [0, 0.1) is 17.5 Å². The first-order valence-electron chi connectivity index (χ1n) is 7.32. The molecular formula is C17H13ClF3NO2. The highest BCUT2D eigenvalue weighted by atomic mass is 35.5. The minimum Gasteiger partial charge on any atom is -0.484 e. The average Bonchev–Trinajstić information content (AvgIpc) is 2.54. The summed E-state index contributed by atoms with van der Waals surface area (Å²) >= 11 is 5.64. The minimum atomic E-state index is -0.775. The lowest BCUT2D eigenvalue weighted by Gasteiger charge is -2.29. The Balaban J connectivity index is 1.76. The number of fused-ring (bicyclic) bond motifs is 1. The van der Waals surface area contributed by atoms with Crippen molar-refractivity contribution in [2.24, 2.45) is 0 Å². The van der Waals surface area contributed by atoms with E-state index >= 15 is 0 Å². The molecule has 1 aliphatic heterocycles. The smallest absolute Gasteiger partial charge is 0.265 e. The highest BCUT2D eigenvalue weighted by Gasteiger charge is 2.26. The molecule has 1 heterocycles. The first kappa shape index (κ1) is 16.6. The molecule has 1 amide bonds. The van der Waals surface area contributed by atoms with E-state index in [0.717, 1.165) is 12.1 Å². The molecule has 0 atom stereocenters. The van der Waals surface area contributed by atoms with Crippen LogP contribution in [-0.4, -0.2) is 19.1 Å². The largest absolute Gasteiger partial charge is 0.484 e. The Morgan fingerprint density at radius 3 is 2.71 bits per heavy atom. The van der Waals surface area contributed by atoms with Crippen molar-refractivity contribution in [3.05, 3.63) is 58.4 Å². The second kappa shape index (κ2) is 6.73. The number of halogens is 4. The number of carbonyl (C=O) groups excluding carboxylic acids is 1. The quantitative estimate of drug-likeness (QED) is 0.829. The van der Waals surface area contributed by atoms with Crippen LogP contribution < -0.4 is 9.64 Å². The lowest BCUT2D eigenvalue weighted by Crippen LogP contribution is -2.39. The fraction of sp³-hybridized carbons (Fsp3) is 0.235. The van der Waals surface area contributed by atoms with Crippen molar-refractivity contribution in [3.63, 3.8) is 0 Å². The zero-order valence-corrected chi connectivity index (χ0v) is 13.2. The van der Waals surface area contributed by atoms with E-state index in [-0.39, 0.29) is 23.1 Å². The number of carbonyl (C=O) groups is 1. The summed E-state index contributed by atoms with van der Waals surface area (Å²) in [6.07, 6.45) is 1.10. The van der Waals surface area contributed by atoms with Crippen LogP contribution in [0.15, 0.2) is 30.3 Å². The number of anilines is 1. The molecule has 0 unspecified atom stereocenters. The van der Waals surface area contributed by atoms with Crippen molar-refractivity contribution in [2.75, 3.05) is 18.1 Å². The van der Waals surface area contributed by atoms with E-state index in [1.807, 2.05) is 0 Å². The first-order chi connectivity index (χ1) is 11.5. The Bertz CT molecular complexity index is 798. The van der Waals surface area contributed by atoms with E-state index in [4.69, 9.17) is 16.3 Å². The predicted molar refractivity (Wildman–Crippen MR) is 83.9 cm³/mol. The van der Waals surface area contributed by atoms with Crippen LogP contribution >= 0.6 is 11.6 Å². The molecule has 0 saturated carbocycles. The predicted octanol–water partition coefficient (Wildman–Crippen LogP) is 4.12. The third-order valence-electron chi connectivity index (χ3n) is 3.76. The molecule has 3 nitrogen and oxygen atoms in total. The molecule has 2 aromatic rings. The molecular weight excluding hydrogens is 343 g/mol. The Labute approximate surface area is 141 Å². The van der Waals surface area contributed by atoms with Crippen molar-refractivity contribution in [1.29, 1.82) is 0 Å². The van der Waals surface area contributed by atoms with E-state index in [1.165, 1.54) is 23.1 Å². The maximum Gasteiger partial charge on any atom is 0.265 e. The highest BCUT2D eigenvalue weighted by molar-refractivity contribution is 6.30. The van der Waals surface area contributed by atoms with Gasteiger partial charge in [-0.05, 0) is 36.6 Å². The molecule has 1 aliphatic rings. The van der Waals surface area contributed by atoms with E-state index in [2.05, 4.69) is 0 Å². The summed E-state index contributed by atoms with van der Waals surface area (Å²) in [5, 5.41) is -0.121. The third kappa shape index (κ3) is 3.33. The summed E-state index contributed by atoms with van der Waals surface area (Å²) in [5.41, 5.74) is 0.547. The topological polar surface area (TPSA) is 29.5 Å². The number of amides is 1. The Morgan fingerprint density at radius 2 is 1.96 bits per heavy atom. The average molecular weight is 356 g/mol. The number of nitrogens with zero attached hydrogens (tertiary/aromatic N) is 1. The maximum atomic E-state index is 14.1. The van der Waals surface area contributed by atoms with Gasteiger partial charge in [-0.25, -0.2) is 13.2 Å². The molecule has 2 aromatic carbocycles. The number of aryl methyl sites for hydroxylation is 1. The fourth-order valence-electron chi connectivity index (χ4n) is 2.69. The molecule has 0 fully saturated rings. The van der Waals surface area contributed by atoms with Crippen molar-refractivity contribution >= 4 is 23.2 Å². The molecule has 3 rings (SSSR count). The highest BCUT2D eigenvalue weighted by Crippen LogP contribution is 2.31.